The molecular weight excluding hydrogens is 547 g/mol. The molecule has 0 aromatic heterocycles. The second-order valence-electron chi connectivity index (χ2n) is 9.08. The highest BCUT2D eigenvalue weighted by atomic mass is 127. The van der Waals surface area contributed by atoms with Gasteiger partial charge in [0.15, 0.2) is 12.6 Å². The van der Waals surface area contributed by atoms with Gasteiger partial charge in [-0.2, -0.15) is 0 Å². The van der Waals surface area contributed by atoms with Crippen LogP contribution < -0.4 is 0 Å². The average molecular weight is 582 g/mol. The van der Waals surface area contributed by atoms with Crippen LogP contribution in [0.4, 0.5) is 0 Å². The molecule has 2 aromatic rings. The van der Waals surface area contributed by atoms with Gasteiger partial charge in [-0.25, -0.2) is 0 Å². The molecule has 0 bridgehead atoms. The fourth-order valence-electron chi connectivity index (χ4n) is 4.22. The predicted octanol–water partition coefficient (Wildman–Crippen LogP) is 4.68. The molecule has 2 N–H and O–H groups in total. The van der Waals surface area contributed by atoms with Gasteiger partial charge in [-0.1, -0.05) is 68.1 Å². The Morgan fingerprint density at radius 2 is 1.38 bits per heavy atom. The van der Waals surface area contributed by atoms with Gasteiger partial charge < -0.3 is 29.2 Å². The van der Waals surface area contributed by atoms with Crippen molar-refractivity contribution in [1.82, 2.24) is 0 Å². The Labute approximate surface area is 211 Å². The van der Waals surface area contributed by atoms with Crippen LogP contribution in [0.25, 0.3) is 0 Å². The third-order valence-electron chi connectivity index (χ3n) is 6.54. The molecule has 0 spiro atoms. The number of hydrogen-bond donors (Lipinski definition) is 2. The van der Waals surface area contributed by atoms with E-state index in [4.69, 9.17) is 18.9 Å². The second-order valence-corrected chi connectivity index (χ2v) is 11.9. The second kappa shape index (κ2) is 11.2. The van der Waals surface area contributed by atoms with Gasteiger partial charge in [-0.15, -0.1) is 0 Å². The normalized spacial score (nSPS) is 30.6. The Bertz CT molecular complexity index is 1020. The van der Waals surface area contributed by atoms with Gasteiger partial charge in [0.25, 0.3) is 0 Å². The van der Waals surface area contributed by atoms with Crippen molar-refractivity contribution < 1.29 is 29.2 Å². The number of fused-ring (bicyclic) bond motifs is 1. The molecule has 2 saturated heterocycles. The van der Waals surface area contributed by atoms with Gasteiger partial charge in [0.1, 0.15) is 28.5 Å². The maximum atomic E-state index is 10.7. The first-order valence-electron chi connectivity index (χ1n) is 11.8. The van der Waals surface area contributed by atoms with Crippen LogP contribution in [0, 0.1) is 27.7 Å². The lowest BCUT2D eigenvalue weighted by Crippen LogP contribution is -2.60. The van der Waals surface area contributed by atoms with Crippen molar-refractivity contribution in [3.8, 4) is 0 Å². The highest BCUT2D eigenvalue weighted by Crippen LogP contribution is 2.44. The molecule has 2 aliphatic heterocycles. The molecule has 0 radical (unpaired) electrons. The van der Waals surface area contributed by atoms with E-state index in [0.717, 1.165) is 28.7 Å². The molecule has 6 nitrogen and oxygen atoms in total. The van der Waals surface area contributed by atoms with E-state index in [1.807, 2.05) is 24.3 Å². The van der Waals surface area contributed by atoms with Crippen LogP contribution in [0.1, 0.15) is 59.3 Å². The van der Waals surface area contributed by atoms with Crippen LogP contribution in [0.5, 0.6) is 0 Å². The Morgan fingerprint density at radius 1 is 0.824 bits per heavy atom. The molecule has 34 heavy (non-hydrogen) atoms. The van der Waals surface area contributed by atoms with Crippen LogP contribution in [-0.4, -0.2) is 49.4 Å². The highest BCUT2D eigenvalue weighted by Gasteiger charge is 2.51. The Balaban J connectivity index is 1.69. The van der Waals surface area contributed by atoms with E-state index in [1.54, 1.807) is 0 Å². The minimum Gasteiger partial charge on any atom is -0.394 e. The zero-order valence-corrected chi connectivity index (χ0v) is 22.6. The molecule has 2 aliphatic rings. The fourth-order valence-corrected chi connectivity index (χ4v) is 6.66. The molecule has 0 aliphatic carbocycles. The smallest absolute Gasteiger partial charge is 0.185 e. The third-order valence-corrected chi connectivity index (χ3v) is 9.64. The first kappa shape index (κ1) is 25.9. The largest absolute Gasteiger partial charge is 0.394 e. The lowest BCUT2D eigenvalue weighted by atomic mass is 9.98. The summed E-state index contributed by atoms with van der Waals surface area (Å²) in [6.07, 6.45) is -3.14. The lowest BCUT2D eigenvalue weighted by Gasteiger charge is -2.49. The molecule has 186 valence electrons. The van der Waals surface area contributed by atoms with Gasteiger partial charge in [0, 0.05) is 11.1 Å². The van der Waals surface area contributed by atoms with Crippen LogP contribution in [0.2, 0.25) is 0 Å². The third kappa shape index (κ3) is 5.46. The fraction of sp³-hybridized carbons (Fsp3) is 0.519. The van der Waals surface area contributed by atoms with E-state index in [9.17, 15) is 10.2 Å². The van der Waals surface area contributed by atoms with Gasteiger partial charge >= 0.3 is 0 Å². The van der Waals surface area contributed by atoms with Crippen molar-refractivity contribution in [2.75, 3.05) is 6.61 Å². The molecule has 4 rings (SSSR count). The van der Waals surface area contributed by atoms with Gasteiger partial charge in [0.05, 0.1) is 6.61 Å². The number of aliphatic hydroxyl groups excluding tert-OH is 2. The summed E-state index contributed by atoms with van der Waals surface area (Å²) >= 11 is -0.473. The topological polar surface area (TPSA) is 77.4 Å². The van der Waals surface area contributed by atoms with Crippen molar-refractivity contribution >= 4 is 24.7 Å². The minimum absolute atomic E-state index is 0.171. The summed E-state index contributed by atoms with van der Waals surface area (Å²) in [4.78, 5) is 0. The zero-order valence-electron chi connectivity index (χ0n) is 20.4. The molecule has 0 saturated carbocycles. The number of ether oxygens (including phenoxy) is 4. The van der Waals surface area contributed by atoms with Gasteiger partial charge in [0.2, 0.25) is 0 Å². The van der Waals surface area contributed by atoms with Crippen molar-refractivity contribution in [3.05, 3.63) is 69.8 Å². The molecular formula is C27H35IO6. The van der Waals surface area contributed by atoms with Crippen molar-refractivity contribution in [1.29, 1.82) is 0 Å². The molecule has 7 atom stereocenters. The minimum atomic E-state index is -1.10. The molecule has 7 unspecified atom stereocenters. The van der Waals surface area contributed by atoms with E-state index in [-0.39, 0.29) is 4.11 Å². The lowest BCUT2D eigenvalue weighted by molar-refractivity contribution is -0.376. The van der Waals surface area contributed by atoms with E-state index in [0.29, 0.717) is 0 Å². The van der Waals surface area contributed by atoms with Crippen molar-refractivity contribution in [3.63, 3.8) is 0 Å². The number of benzene rings is 2. The van der Waals surface area contributed by atoms with Crippen LogP contribution in [-0.2, 0) is 18.9 Å². The van der Waals surface area contributed by atoms with E-state index in [1.165, 1.54) is 11.1 Å². The van der Waals surface area contributed by atoms with E-state index >= 15 is 0 Å². The molecule has 7 heteroatoms. The first-order chi connectivity index (χ1) is 16.3. The standard InChI is InChI=1S/C27H35IO6/c1-6-11-28-25-24-23(32-27(34-25)20-10-8-16(3)18(5)13-20)22(21(30)14-29)31-26(33-24)19-9-7-15(2)17(4)12-19/h7-13,21-27,29-30H,6,14H2,1-5H3. The Hall–Kier alpha value is -1.20. The maximum absolute atomic E-state index is 10.7. The summed E-state index contributed by atoms with van der Waals surface area (Å²) in [5.74, 6) is 0. The van der Waals surface area contributed by atoms with E-state index < -0.39 is 64.3 Å². The molecule has 2 aromatic carbocycles. The quantitative estimate of drug-likeness (QED) is 0.381. The first-order valence-corrected chi connectivity index (χ1v) is 14.3. The van der Waals surface area contributed by atoms with Crippen molar-refractivity contribution in [2.45, 2.75) is 82.1 Å². The SMILES string of the molecule is CCC=IC1OC(c2ccc(C)c(C)c2)OC2C(C(O)CO)OC(c3ccc(C)c(C)c3)OC12. The maximum Gasteiger partial charge on any atom is 0.185 e. The predicted molar refractivity (Wildman–Crippen MR) is 140 cm³/mol. The molecule has 2 fully saturated rings. The summed E-state index contributed by atoms with van der Waals surface area (Å²) in [5, 5.41) is 20.5. The summed E-state index contributed by atoms with van der Waals surface area (Å²) < 4.78 is 27.7. The van der Waals surface area contributed by atoms with Crippen molar-refractivity contribution in [2.24, 2.45) is 0 Å². The van der Waals surface area contributed by atoms with Gasteiger partial charge in [-0.3, -0.25) is 0 Å². The average Bonchev–Trinajstić information content (AvgIpc) is 2.84. The number of hydrogen-bond acceptors (Lipinski definition) is 6. The summed E-state index contributed by atoms with van der Waals surface area (Å²) in [6.45, 7) is 9.96. The zero-order chi connectivity index (χ0) is 24.4. The Kier molecular flexibility index (Phi) is 8.56. The van der Waals surface area contributed by atoms with Crippen LogP contribution >= 0.6 is 20.7 Å². The number of aryl methyl sites for hydroxylation is 4. The number of rotatable bonds is 6. The number of alkyl halides is 1. The molecule has 2 heterocycles. The van der Waals surface area contributed by atoms with E-state index in [2.05, 4.69) is 50.8 Å². The van der Waals surface area contributed by atoms with Crippen LogP contribution in [0.15, 0.2) is 36.4 Å². The molecule has 0 amide bonds. The summed E-state index contributed by atoms with van der Waals surface area (Å²) in [5.41, 5.74) is 6.50. The number of aliphatic hydroxyl groups is 2. The van der Waals surface area contributed by atoms with Crippen LogP contribution in [0.3, 0.4) is 0 Å². The summed E-state index contributed by atoms with van der Waals surface area (Å²) in [7, 11) is 0. The van der Waals surface area contributed by atoms with Gasteiger partial charge in [-0.05, 0) is 56.4 Å². The number of halogens is 1. The Morgan fingerprint density at radius 3 is 1.91 bits per heavy atom. The summed E-state index contributed by atoms with van der Waals surface area (Å²) in [6, 6.07) is 12.2. The monoisotopic (exact) mass is 582 g/mol. The highest BCUT2D eigenvalue weighted by molar-refractivity contribution is 14.2.